The number of hydrogen-bond acceptors (Lipinski definition) is 3. The fourth-order valence-electron chi connectivity index (χ4n) is 2.31. The van der Waals surface area contributed by atoms with Crippen LogP contribution in [0.5, 0.6) is 0 Å². The third-order valence-electron chi connectivity index (χ3n) is 3.51. The number of rotatable bonds is 2. The summed E-state index contributed by atoms with van der Waals surface area (Å²) in [5.41, 5.74) is 5.71. The second-order valence-corrected chi connectivity index (χ2v) is 7.05. The summed E-state index contributed by atoms with van der Waals surface area (Å²) in [6.45, 7) is 1.69. The van der Waals surface area contributed by atoms with E-state index in [1.165, 1.54) is 17.4 Å². The van der Waals surface area contributed by atoms with Crippen LogP contribution < -0.4 is 10.9 Å². The maximum Gasteiger partial charge on any atom is 0.280 e. The van der Waals surface area contributed by atoms with Gasteiger partial charge >= 0.3 is 0 Å². The van der Waals surface area contributed by atoms with Gasteiger partial charge in [0.15, 0.2) is 0 Å². The van der Waals surface area contributed by atoms with Crippen LogP contribution in [0.1, 0.15) is 25.6 Å². The molecule has 0 aliphatic carbocycles. The quantitative estimate of drug-likeness (QED) is 0.626. The Kier molecular flexibility index (Phi) is 4.64. The van der Waals surface area contributed by atoms with E-state index < -0.39 is 11.8 Å². The SMILES string of the molecule is Cc1c(C(=O)NNC(=O)c2ccc(Br)cc2)sc2cccc(F)c12. The third kappa shape index (κ3) is 3.18. The Hall–Kier alpha value is -2.25. The number of carbonyl (C=O) groups excluding carboxylic acids is 2. The van der Waals surface area contributed by atoms with Crippen LogP contribution in [0.4, 0.5) is 4.39 Å². The molecule has 0 spiro atoms. The van der Waals surface area contributed by atoms with Gasteiger partial charge in [-0.2, -0.15) is 0 Å². The van der Waals surface area contributed by atoms with Gasteiger partial charge in [-0.15, -0.1) is 11.3 Å². The topological polar surface area (TPSA) is 58.2 Å². The number of nitrogens with one attached hydrogen (secondary N) is 2. The molecule has 0 bridgehead atoms. The van der Waals surface area contributed by atoms with Crippen molar-refractivity contribution in [3.8, 4) is 0 Å². The van der Waals surface area contributed by atoms with Crippen molar-refractivity contribution in [1.82, 2.24) is 10.9 Å². The molecule has 7 heteroatoms. The number of benzene rings is 2. The molecule has 0 aliphatic rings. The molecule has 2 aromatic carbocycles. The molecule has 2 N–H and O–H groups in total. The first-order chi connectivity index (χ1) is 11.5. The molecule has 4 nitrogen and oxygen atoms in total. The fraction of sp³-hybridized carbons (Fsp3) is 0.0588. The second kappa shape index (κ2) is 6.70. The van der Waals surface area contributed by atoms with Gasteiger partial charge < -0.3 is 0 Å². The number of hydrazine groups is 1. The van der Waals surface area contributed by atoms with Gasteiger partial charge in [0, 0.05) is 20.1 Å². The summed E-state index contributed by atoms with van der Waals surface area (Å²) in [5.74, 6) is -1.27. The van der Waals surface area contributed by atoms with Crippen LogP contribution in [0.25, 0.3) is 10.1 Å². The lowest BCUT2D eigenvalue weighted by atomic mass is 10.1. The zero-order chi connectivity index (χ0) is 17.3. The summed E-state index contributed by atoms with van der Waals surface area (Å²) in [7, 11) is 0. The number of hydrogen-bond donors (Lipinski definition) is 2. The molecular weight excluding hydrogens is 395 g/mol. The Labute approximate surface area is 149 Å². The van der Waals surface area contributed by atoms with Crippen LogP contribution in [0.2, 0.25) is 0 Å². The number of halogens is 2. The Balaban J connectivity index is 1.76. The van der Waals surface area contributed by atoms with Gasteiger partial charge in [-0.25, -0.2) is 4.39 Å². The number of thiophene rings is 1. The van der Waals surface area contributed by atoms with E-state index in [9.17, 15) is 14.0 Å². The maximum absolute atomic E-state index is 13.9. The molecule has 0 aliphatic heterocycles. The van der Waals surface area contributed by atoms with Gasteiger partial charge in [-0.3, -0.25) is 20.4 Å². The van der Waals surface area contributed by atoms with E-state index in [4.69, 9.17) is 0 Å². The predicted molar refractivity (Wildman–Crippen MR) is 95.6 cm³/mol. The molecule has 0 saturated carbocycles. The number of fused-ring (bicyclic) bond motifs is 1. The summed E-state index contributed by atoms with van der Waals surface area (Å²) < 4.78 is 15.4. The standard InChI is InChI=1S/C17H12BrFN2O2S/c1-9-14-12(19)3-2-4-13(14)24-15(9)17(23)21-20-16(22)10-5-7-11(18)8-6-10/h2-8H,1H3,(H,20,22)(H,21,23). The zero-order valence-electron chi connectivity index (χ0n) is 12.5. The minimum atomic E-state index is -0.474. The van der Waals surface area contributed by atoms with Crippen molar-refractivity contribution in [3.63, 3.8) is 0 Å². The minimum Gasteiger partial charge on any atom is -0.267 e. The predicted octanol–water partition coefficient (Wildman–Crippen LogP) is 4.19. The smallest absolute Gasteiger partial charge is 0.267 e. The minimum absolute atomic E-state index is 0.362. The van der Waals surface area contributed by atoms with Crippen molar-refractivity contribution in [1.29, 1.82) is 0 Å². The van der Waals surface area contributed by atoms with Crippen LogP contribution >= 0.6 is 27.3 Å². The van der Waals surface area contributed by atoms with Crippen LogP contribution in [-0.4, -0.2) is 11.8 Å². The highest BCUT2D eigenvalue weighted by molar-refractivity contribution is 9.10. The second-order valence-electron chi connectivity index (χ2n) is 5.08. The first kappa shape index (κ1) is 16.6. The normalized spacial score (nSPS) is 10.6. The van der Waals surface area contributed by atoms with E-state index in [1.54, 1.807) is 43.3 Å². The van der Waals surface area contributed by atoms with E-state index in [0.29, 0.717) is 26.1 Å². The average Bonchev–Trinajstić information content (AvgIpc) is 2.91. The summed E-state index contributed by atoms with van der Waals surface area (Å²) in [6.07, 6.45) is 0. The van der Waals surface area contributed by atoms with Gasteiger partial charge in [0.25, 0.3) is 11.8 Å². The Morgan fingerprint density at radius 3 is 2.38 bits per heavy atom. The first-order valence-corrected chi connectivity index (χ1v) is 8.62. The van der Waals surface area contributed by atoms with Crippen molar-refractivity contribution < 1.29 is 14.0 Å². The molecule has 0 fully saturated rings. The summed E-state index contributed by atoms with van der Waals surface area (Å²) in [5, 5.41) is 0.437. The lowest BCUT2D eigenvalue weighted by Gasteiger charge is -2.07. The van der Waals surface area contributed by atoms with Gasteiger partial charge in [-0.05, 0) is 48.9 Å². The lowest BCUT2D eigenvalue weighted by Crippen LogP contribution is -2.41. The zero-order valence-corrected chi connectivity index (χ0v) is 14.9. The summed E-state index contributed by atoms with van der Waals surface area (Å²) in [6, 6.07) is 11.4. The van der Waals surface area contributed by atoms with E-state index in [-0.39, 0.29) is 5.82 Å². The van der Waals surface area contributed by atoms with Crippen LogP contribution in [0.15, 0.2) is 46.9 Å². The van der Waals surface area contributed by atoms with Gasteiger partial charge in [-0.1, -0.05) is 22.0 Å². The highest BCUT2D eigenvalue weighted by Gasteiger charge is 2.18. The van der Waals surface area contributed by atoms with E-state index in [0.717, 1.165) is 4.47 Å². The van der Waals surface area contributed by atoms with Crippen molar-refractivity contribution >= 4 is 49.2 Å². The molecule has 3 rings (SSSR count). The molecule has 3 aromatic rings. The lowest BCUT2D eigenvalue weighted by molar-refractivity contribution is 0.0848. The molecule has 122 valence electrons. The monoisotopic (exact) mass is 406 g/mol. The average molecular weight is 407 g/mol. The Morgan fingerprint density at radius 2 is 1.71 bits per heavy atom. The largest absolute Gasteiger partial charge is 0.280 e. The van der Waals surface area contributed by atoms with Gasteiger partial charge in [0.05, 0.1) is 4.88 Å². The molecule has 1 aromatic heterocycles. The molecule has 0 saturated heterocycles. The molecule has 24 heavy (non-hydrogen) atoms. The van der Waals surface area contributed by atoms with E-state index >= 15 is 0 Å². The highest BCUT2D eigenvalue weighted by Crippen LogP contribution is 2.32. The molecule has 0 atom stereocenters. The highest BCUT2D eigenvalue weighted by atomic mass is 79.9. The number of aryl methyl sites for hydroxylation is 1. The van der Waals surface area contributed by atoms with Crippen molar-refractivity contribution in [2.24, 2.45) is 0 Å². The van der Waals surface area contributed by atoms with E-state index in [1.807, 2.05) is 0 Å². The number of carbonyl (C=O) groups is 2. The molecule has 0 radical (unpaired) electrons. The van der Waals surface area contributed by atoms with Gasteiger partial charge in [0.2, 0.25) is 0 Å². The Bertz CT molecular complexity index is 938. The van der Waals surface area contributed by atoms with E-state index in [2.05, 4.69) is 26.8 Å². The fourth-order valence-corrected chi connectivity index (χ4v) is 3.70. The maximum atomic E-state index is 13.9. The molecule has 2 amide bonds. The molecule has 1 heterocycles. The summed E-state index contributed by atoms with van der Waals surface area (Å²) in [4.78, 5) is 24.7. The van der Waals surface area contributed by atoms with Crippen LogP contribution in [-0.2, 0) is 0 Å². The van der Waals surface area contributed by atoms with Crippen molar-refractivity contribution in [2.45, 2.75) is 6.92 Å². The Morgan fingerprint density at radius 1 is 1.04 bits per heavy atom. The van der Waals surface area contributed by atoms with Crippen molar-refractivity contribution in [2.75, 3.05) is 0 Å². The molecule has 0 unspecified atom stereocenters. The van der Waals surface area contributed by atoms with Crippen LogP contribution in [0.3, 0.4) is 0 Å². The molecular formula is C17H12BrFN2O2S. The number of amides is 2. The third-order valence-corrected chi connectivity index (χ3v) is 5.29. The van der Waals surface area contributed by atoms with Crippen molar-refractivity contribution in [3.05, 3.63) is 68.8 Å². The summed E-state index contributed by atoms with van der Waals surface area (Å²) >= 11 is 4.47. The van der Waals surface area contributed by atoms with Crippen LogP contribution in [0, 0.1) is 12.7 Å². The first-order valence-electron chi connectivity index (χ1n) is 7.01. The van der Waals surface area contributed by atoms with Gasteiger partial charge in [0.1, 0.15) is 5.82 Å².